The SMILES string of the molecule is CC1CC(C)(C)CC(c2ccc3c(c2)CN(CCS)CO3)(c2ccc3c(c2)CN(CCS)CO3)C1. The summed E-state index contributed by atoms with van der Waals surface area (Å²) in [5.41, 5.74) is 5.70. The quantitative estimate of drug-likeness (QED) is 0.465. The molecular formula is C29H40N2O2S2. The maximum Gasteiger partial charge on any atom is 0.142 e. The topological polar surface area (TPSA) is 24.9 Å². The van der Waals surface area contributed by atoms with Gasteiger partial charge >= 0.3 is 0 Å². The van der Waals surface area contributed by atoms with Crippen LogP contribution in [0.4, 0.5) is 0 Å². The van der Waals surface area contributed by atoms with Gasteiger partial charge in [0.25, 0.3) is 0 Å². The molecule has 2 aromatic carbocycles. The average molecular weight is 513 g/mol. The van der Waals surface area contributed by atoms with E-state index in [-0.39, 0.29) is 10.8 Å². The molecule has 0 amide bonds. The van der Waals surface area contributed by atoms with E-state index >= 15 is 0 Å². The molecule has 0 aromatic heterocycles. The fourth-order valence-electron chi connectivity index (χ4n) is 6.93. The molecule has 3 aliphatic rings. The van der Waals surface area contributed by atoms with Crippen LogP contribution in [0.25, 0.3) is 0 Å². The van der Waals surface area contributed by atoms with E-state index in [1.807, 2.05) is 0 Å². The van der Waals surface area contributed by atoms with Crippen LogP contribution in [0, 0.1) is 11.3 Å². The van der Waals surface area contributed by atoms with Gasteiger partial charge in [0.05, 0.1) is 0 Å². The Morgan fingerprint density at radius 2 is 1.34 bits per heavy atom. The smallest absolute Gasteiger partial charge is 0.142 e. The number of hydrogen-bond donors (Lipinski definition) is 2. The van der Waals surface area contributed by atoms with Gasteiger partial charge in [0.15, 0.2) is 0 Å². The lowest BCUT2D eigenvalue weighted by Crippen LogP contribution is -2.41. The summed E-state index contributed by atoms with van der Waals surface area (Å²) in [6.07, 6.45) is 3.57. The molecule has 1 atom stereocenters. The van der Waals surface area contributed by atoms with Crippen molar-refractivity contribution >= 4 is 25.3 Å². The molecule has 2 heterocycles. The van der Waals surface area contributed by atoms with Crippen molar-refractivity contribution in [3.8, 4) is 11.5 Å². The van der Waals surface area contributed by atoms with Crippen LogP contribution in [0.3, 0.4) is 0 Å². The predicted octanol–water partition coefficient (Wildman–Crippen LogP) is 5.98. The van der Waals surface area contributed by atoms with Gasteiger partial charge in [-0.2, -0.15) is 25.3 Å². The third-order valence-corrected chi connectivity index (χ3v) is 8.43. The van der Waals surface area contributed by atoms with Crippen LogP contribution in [-0.2, 0) is 18.5 Å². The summed E-state index contributed by atoms with van der Waals surface area (Å²) in [4.78, 5) is 4.68. The van der Waals surface area contributed by atoms with Crippen LogP contribution in [-0.4, -0.2) is 47.9 Å². The lowest BCUT2D eigenvalue weighted by Gasteiger charge is -2.49. The maximum atomic E-state index is 6.10. The van der Waals surface area contributed by atoms with Crippen molar-refractivity contribution in [1.29, 1.82) is 0 Å². The van der Waals surface area contributed by atoms with E-state index in [0.717, 1.165) is 62.0 Å². The highest BCUT2D eigenvalue weighted by Gasteiger charge is 2.45. The molecule has 35 heavy (non-hydrogen) atoms. The minimum absolute atomic E-state index is 0.0249. The number of benzene rings is 2. The van der Waals surface area contributed by atoms with Gasteiger partial charge in [-0.15, -0.1) is 0 Å². The van der Waals surface area contributed by atoms with Gasteiger partial charge in [-0.1, -0.05) is 32.9 Å². The van der Waals surface area contributed by atoms with E-state index in [1.54, 1.807) is 0 Å². The van der Waals surface area contributed by atoms with E-state index in [4.69, 9.17) is 9.47 Å². The van der Waals surface area contributed by atoms with E-state index in [9.17, 15) is 0 Å². The van der Waals surface area contributed by atoms with Crippen molar-refractivity contribution in [2.75, 3.05) is 38.1 Å². The number of nitrogens with zero attached hydrogens (tertiary/aromatic N) is 2. The molecule has 6 heteroatoms. The van der Waals surface area contributed by atoms with Gasteiger partial charge in [-0.3, -0.25) is 9.80 Å². The number of hydrogen-bond acceptors (Lipinski definition) is 6. The van der Waals surface area contributed by atoms with Crippen molar-refractivity contribution < 1.29 is 9.47 Å². The number of ether oxygens (including phenoxy) is 2. The summed E-state index contributed by atoms with van der Waals surface area (Å²) in [6, 6.07) is 14.0. The first kappa shape index (κ1) is 25.3. The monoisotopic (exact) mass is 512 g/mol. The highest BCUT2D eigenvalue weighted by Crippen LogP contribution is 2.54. The summed E-state index contributed by atoms with van der Waals surface area (Å²) >= 11 is 8.88. The Hall–Kier alpha value is -1.34. The Kier molecular flexibility index (Phi) is 7.38. The number of fused-ring (bicyclic) bond motifs is 2. The van der Waals surface area contributed by atoms with Crippen LogP contribution in [0.5, 0.6) is 11.5 Å². The molecule has 4 nitrogen and oxygen atoms in total. The molecular weight excluding hydrogens is 472 g/mol. The van der Waals surface area contributed by atoms with E-state index in [0.29, 0.717) is 19.4 Å². The molecule has 0 spiro atoms. The van der Waals surface area contributed by atoms with E-state index in [1.165, 1.54) is 28.7 Å². The molecule has 0 radical (unpaired) electrons. The Bertz CT molecular complexity index is 989. The third kappa shape index (κ3) is 5.22. The Morgan fingerprint density at radius 1 is 0.829 bits per heavy atom. The average Bonchev–Trinajstić information content (AvgIpc) is 2.82. The zero-order valence-corrected chi connectivity index (χ0v) is 23.2. The van der Waals surface area contributed by atoms with E-state index < -0.39 is 0 Å². The lowest BCUT2D eigenvalue weighted by molar-refractivity contribution is 0.100. The van der Waals surface area contributed by atoms with Gasteiger partial charge in [0.1, 0.15) is 25.0 Å². The first-order chi connectivity index (χ1) is 16.8. The van der Waals surface area contributed by atoms with Gasteiger partial charge in [-0.25, -0.2) is 0 Å². The van der Waals surface area contributed by atoms with Gasteiger partial charge in [0.2, 0.25) is 0 Å². The molecule has 2 aromatic rings. The van der Waals surface area contributed by atoms with Gasteiger partial charge < -0.3 is 9.47 Å². The van der Waals surface area contributed by atoms with Crippen molar-refractivity contribution in [2.45, 2.75) is 58.5 Å². The third-order valence-electron chi connectivity index (χ3n) is 8.03. The normalized spacial score (nSPS) is 23.6. The van der Waals surface area contributed by atoms with Crippen LogP contribution >= 0.6 is 25.3 Å². The van der Waals surface area contributed by atoms with Gasteiger partial charge in [-0.05, 0) is 66.0 Å². The summed E-state index contributed by atoms with van der Waals surface area (Å²) in [5.74, 6) is 4.40. The molecule has 1 saturated carbocycles. The number of rotatable bonds is 6. The first-order valence-electron chi connectivity index (χ1n) is 13.0. The predicted molar refractivity (Wildman–Crippen MR) is 150 cm³/mol. The Morgan fingerprint density at radius 3 is 1.80 bits per heavy atom. The molecule has 5 rings (SSSR count). The zero-order chi connectivity index (χ0) is 24.6. The van der Waals surface area contributed by atoms with Crippen molar-refractivity contribution in [3.05, 3.63) is 58.7 Å². The second-order valence-corrected chi connectivity index (χ2v) is 12.6. The van der Waals surface area contributed by atoms with Crippen molar-refractivity contribution in [1.82, 2.24) is 9.80 Å². The molecule has 190 valence electrons. The van der Waals surface area contributed by atoms with Gasteiger partial charge in [0, 0.05) is 54.2 Å². The van der Waals surface area contributed by atoms with Crippen LogP contribution in [0.2, 0.25) is 0 Å². The van der Waals surface area contributed by atoms with Crippen LogP contribution in [0.1, 0.15) is 62.3 Å². The van der Waals surface area contributed by atoms with Crippen LogP contribution in [0.15, 0.2) is 36.4 Å². The summed E-state index contributed by atoms with van der Waals surface area (Å²) in [5, 5.41) is 0. The molecule has 0 N–H and O–H groups in total. The molecule has 0 saturated heterocycles. The minimum atomic E-state index is -0.0249. The van der Waals surface area contributed by atoms with Crippen molar-refractivity contribution in [2.24, 2.45) is 11.3 Å². The zero-order valence-electron chi connectivity index (χ0n) is 21.4. The number of thiol groups is 2. The first-order valence-corrected chi connectivity index (χ1v) is 14.3. The molecule has 0 bridgehead atoms. The second kappa shape index (κ2) is 10.2. The highest BCUT2D eigenvalue weighted by atomic mass is 32.1. The summed E-state index contributed by atoms with van der Waals surface area (Å²) in [7, 11) is 0. The largest absolute Gasteiger partial charge is 0.478 e. The fourth-order valence-corrected chi connectivity index (χ4v) is 7.49. The Balaban J connectivity index is 1.58. The lowest BCUT2D eigenvalue weighted by atomic mass is 9.55. The molecule has 1 unspecified atom stereocenters. The molecule has 1 aliphatic carbocycles. The van der Waals surface area contributed by atoms with E-state index in [2.05, 4.69) is 92.2 Å². The standard InChI is InChI=1S/C29H40N2O2S2/c1-21-14-28(2,3)18-29(15-21,24-4-6-26-22(12-24)16-30(8-10-34)19-32-26)25-5-7-27-23(13-25)17-31(9-11-35)20-33-27/h4-7,12-13,21,34-35H,8-11,14-20H2,1-3H3. The summed E-state index contributed by atoms with van der Waals surface area (Å²) < 4.78 is 12.2. The molecule has 2 aliphatic heterocycles. The molecule has 1 fully saturated rings. The summed E-state index contributed by atoms with van der Waals surface area (Å²) in [6.45, 7) is 12.4. The maximum absolute atomic E-state index is 6.10. The second-order valence-electron chi connectivity index (χ2n) is 11.7. The van der Waals surface area contributed by atoms with Crippen molar-refractivity contribution in [3.63, 3.8) is 0 Å². The highest BCUT2D eigenvalue weighted by molar-refractivity contribution is 7.80. The van der Waals surface area contributed by atoms with Crippen LogP contribution < -0.4 is 9.47 Å². The minimum Gasteiger partial charge on any atom is -0.478 e. The fraction of sp³-hybridized carbons (Fsp3) is 0.586. The Labute approximate surface area is 222 Å².